The summed E-state index contributed by atoms with van der Waals surface area (Å²) in [5.41, 5.74) is 2.28. The molecule has 0 saturated carbocycles. The zero-order valence-corrected chi connectivity index (χ0v) is 23.7. The Kier molecular flexibility index (Phi) is 8.61. The van der Waals surface area contributed by atoms with Crippen molar-refractivity contribution in [1.29, 1.82) is 0 Å². The van der Waals surface area contributed by atoms with E-state index in [1.165, 1.54) is 45.5 Å². The highest BCUT2D eigenvalue weighted by Crippen LogP contribution is 2.37. The van der Waals surface area contributed by atoms with Crippen LogP contribution < -0.4 is 15.0 Å². The number of methoxy groups -OCH3 is 1. The number of rotatable bonds is 5. The molecule has 2 atom stereocenters. The van der Waals surface area contributed by atoms with E-state index in [4.69, 9.17) is 4.74 Å². The number of phenols is 1. The minimum atomic E-state index is -0.576. The number of allylic oxidation sites excluding steroid dienone is 2. The summed E-state index contributed by atoms with van der Waals surface area (Å²) in [4.78, 5) is 18.0. The van der Waals surface area contributed by atoms with Crippen molar-refractivity contribution in [2.24, 2.45) is 0 Å². The molecule has 2 bridgehead atoms. The number of hydrogen-bond acceptors (Lipinski definition) is 8. The summed E-state index contributed by atoms with van der Waals surface area (Å²) >= 11 is 0. The van der Waals surface area contributed by atoms with Crippen molar-refractivity contribution in [3.8, 4) is 23.0 Å². The van der Waals surface area contributed by atoms with Crippen LogP contribution in [-0.2, 0) is 0 Å². The number of hydrogen-bond donors (Lipinski definition) is 2. The SMILES string of the molecule is C=C/C=C\c1c(C)cc(O)cc1-c1ncc2c(N3CC4CCCC(C3)N4)nc(OC)nc2c1F.CN1CCCC1. The normalized spacial score (nSPS) is 20.9. The number of piperazine rings is 1. The van der Waals surface area contributed by atoms with E-state index in [-0.39, 0.29) is 23.0 Å². The van der Waals surface area contributed by atoms with Gasteiger partial charge in [0.2, 0.25) is 0 Å². The molecule has 2 unspecified atom stereocenters. The summed E-state index contributed by atoms with van der Waals surface area (Å²) in [6.45, 7) is 9.79. The third kappa shape index (κ3) is 5.95. The molecule has 6 rings (SSSR count). The maximum atomic E-state index is 16.0. The third-order valence-corrected chi connectivity index (χ3v) is 7.94. The number of aryl methyl sites for hydroxylation is 1. The number of nitrogens with one attached hydrogen (secondary N) is 1. The fraction of sp³-hybridized carbons (Fsp3) is 0.452. The second-order valence-corrected chi connectivity index (χ2v) is 10.9. The number of ether oxygens (including phenoxy) is 1. The fourth-order valence-electron chi connectivity index (χ4n) is 5.96. The molecule has 3 aromatic rings. The largest absolute Gasteiger partial charge is 0.508 e. The van der Waals surface area contributed by atoms with Gasteiger partial charge >= 0.3 is 6.01 Å². The Labute approximate surface area is 235 Å². The summed E-state index contributed by atoms with van der Waals surface area (Å²) in [7, 11) is 3.65. The fourth-order valence-corrected chi connectivity index (χ4v) is 5.96. The number of likely N-dealkylation sites (tertiary alicyclic amines) is 1. The van der Waals surface area contributed by atoms with Gasteiger partial charge in [-0.1, -0.05) is 31.2 Å². The number of anilines is 1. The van der Waals surface area contributed by atoms with E-state index < -0.39 is 5.82 Å². The van der Waals surface area contributed by atoms with Gasteiger partial charge in [0.1, 0.15) is 22.8 Å². The van der Waals surface area contributed by atoms with Crippen molar-refractivity contribution in [2.75, 3.05) is 45.2 Å². The number of piperidine rings is 1. The standard InChI is InChI=1S/C26H28FN5O2.C5H11N/c1-4-5-9-19-15(2)10-18(33)11-20(19)23-22(27)24-21(12-28-23)25(31-26(30-24)34-3)32-13-16-7-6-8-17(14-32)29-16;1-6-4-2-3-5-6/h4-5,9-12,16-17,29,33H,1,6-8,13-14H2,2-3H3;2-5H2,1H3/b9-5-;. The van der Waals surface area contributed by atoms with Crippen LogP contribution in [-0.4, -0.2) is 77.4 Å². The van der Waals surface area contributed by atoms with Crippen molar-refractivity contribution < 1.29 is 14.2 Å². The van der Waals surface area contributed by atoms with Crippen LogP contribution in [0.4, 0.5) is 10.2 Å². The Morgan fingerprint density at radius 2 is 1.85 bits per heavy atom. The molecular formula is C31H39FN6O2. The third-order valence-electron chi connectivity index (χ3n) is 7.94. The van der Waals surface area contributed by atoms with Crippen LogP contribution in [0.1, 0.15) is 43.2 Å². The Morgan fingerprint density at radius 3 is 2.48 bits per heavy atom. The predicted molar refractivity (Wildman–Crippen MR) is 158 cm³/mol. The molecule has 0 aliphatic carbocycles. The first-order chi connectivity index (χ1) is 19.4. The lowest BCUT2D eigenvalue weighted by molar-refractivity contribution is 0.282. The maximum Gasteiger partial charge on any atom is 0.318 e. The van der Waals surface area contributed by atoms with Crippen LogP contribution in [0.2, 0.25) is 0 Å². The molecule has 3 fully saturated rings. The number of aromatic nitrogens is 3. The quantitative estimate of drug-likeness (QED) is 0.428. The first-order valence-corrected chi connectivity index (χ1v) is 14.1. The first kappa shape index (κ1) is 28.0. The minimum absolute atomic E-state index is 0.0397. The number of benzene rings is 1. The highest BCUT2D eigenvalue weighted by molar-refractivity contribution is 5.93. The number of fused-ring (bicyclic) bond motifs is 3. The van der Waals surface area contributed by atoms with Gasteiger partial charge in [0.15, 0.2) is 5.82 Å². The monoisotopic (exact) mass is 546 g/mol. The average molecular weight is 547 g/mol. The van der Waals surface area contributed by atoms with Gasteiger partial charge in [-0.2, -0.15) is 9.97 Å². The van der Waals surface area contributed by atoms with Crippen LogP contribution in [0.5, 0.6) is 11.8 Å². The lowest BCUT2D eigenvalue weighted by Crippen LogP contribution is -2.59. The summed E-state index contributed by atoms with van der Waals surface area (Å²) < 4.78 is 21.4. The number of phenolic OH excluding ortho intramolecular Hbond substituents is 1. The van der Waals surface area contributed by atoms with E-state index in [0.29, 0.717) is 28.9 Å². The minimum Gasteiger partial charge on any atom is -0.508 e. The molecule has 2 N–H and O–H groups in total. The van der Waals surface area contributed by atoms with Crippen molar-refractivity contribution in [1.82, 2.24) is 25.2 Å². The van der Waals surface area contributed by atoms with Gasteiger partial charge in [-0.05, 0) is 76.0 Å². The van der Waals surface area contributed by atoms with E-state index in [0.717, 1.165) is 37.1 Å². The van der Waals surface area contributed by atoms with Crippen molar-refractivity contribution in [3.05, 3.63) is 54.0 Å². The van der Waals surface area contributed by atoms with Crippen LogP contribution in [0.25, 0.3) is 28.2 Å². The summed E-state index contributed by atoms with van der Waals surface area (Å²) in [6.07, 6.45) is 13.1. The second kappa shape index (κ2) is 12.3. The van der Waals surface area contributed by atoms with Gasteiger partial charge < -0.3 is 25.0 Å². The molecule has 0 amide bonds. The molecule has 8 nitrogen and oxygen atoms in total. The summed E-state index contributed by atoms with van der Waals surface area (Å²) in [6, 6.07) is 4.03. The lowest BCUT2D eigenvalue weighted by atomic mass is 9.94. The number of halogens is 1. The predicted octanol–water partition coefficient (Wildman–Crippen LogP) is 5.10. The van der Waals surface area contributed by atoms with Gasteiger partial charge in [-0.25, -0.2) is 4.39 Å². The molecule has 1 aromatic carbocycles. The summed E-state index contributed by atoms with van der Waals surface area (Å²) in [5.74, 6) is 0.1000. The Morgan fingerprint density at radius 1 is 1.12 bits per heavy atom. The van der Waals surface area contributed by atoms with E-state index in [9.17, 15) is 5.11 Å². The van der Waals surface area contributed by atoms with Crippen LogP contribution in [0.3, 0.4) is 0 Å². The van der Waals surface area contributed by atoms with E-state index >= 15 is 4.39 Å². The first-order valence-electron chi connectivity index (χ1n) is 14.1. The van der Waals surface area contributed by atoms with Crippen molar-refractivity contribution in [2.45, 2.75) is 51.1 Å². The molecule has 3 saturated heterocycles. The molecular weight excluding hydrogens is 507 g/mol. The van der Waals surface area contributed by atoms with Crippen molar-refractivity contribution in [3.63, 3.8) is 0 Å². The molecule has 9 heteroatoms. The average Bonchev–Trinajstić information content (AvgIpc) is 3.43. The van der Waals surface area contributed by atoms with E-state index in [2.05, 4.69) is 43.7 Å². The van der Waals surface area contributed by atoms with Crippen molar-refractivity contribution >= 4 is 22.8 Å². The molecule has 0 spiro atoms. The van der Waals surface area contributed by atoms with Crippen LogP contribution >= 0.6 is 0 Å². The van der Waals surface area contributed by atoms with Gasteiger partial charge in [0.25, 0.3) is 0 Å². The molecule has 2 aromatic heterocycles. The zero-order valence-electron chi connectivity index (χ0n) is 23.7. The molecule has 40 heavy (non-hydrogen) atoms. The van der Waals surface area contributed by atoms with Gasteiger partial charge in [-0.3, -0.25) is 4.98 Å². The molecule has 0 radical (unpaired) electrons. The Hall–Kier alpha value is -3.56. The maximum absolute atomic E-state index is 16.0. The Bertz CT molecular complexity index is 1390. The van der Waals surface area contributed by atoms with E-state index in [1.54, 1.807) is 24.4 Å². The molecule has 3 aliphatic heterocycles. The second-order valence-electron chi connectivity index (χ2n) is 10.9. The number of aromatic hydroxyl groups is 1. The highest BCUT2D eigenvalue weighted by atomic mass is 19.1. The topological polar surface area (TPSA) is 86.6 Å². The Balaban J connectivity index is 0.000000477. The zero-order chi connectivity index (χ0) is 28.2. The molecule has 5 heterocycles. The van der Waals surface area contributed by atoms with Gasteiger partial charge in [0.05, 0.1) is 12.5 Å². The highest BCUT2D eigenvalue weighted by Gasteiger charge is 2.32. The van der Waals surface area contributed by atoms with E-state index in [1.807, 2.05) is 13.0 Å². The molecule has 3 aliphatic rings. The number of pyridine rings is 1. The lowest BCUT2D eigenvalue weighted by Gasteiger charge is -2.43. The number of nitrogens with zero attached hydrogens (tertiary/aromatic N) is 5. The summed E-state index contributed by atoms with van der Waals surface area (Å²) in [5, 5.41) is 14.4. The van der Waals surface area contributed by atoms with Gasteiger partial charge in [0, 0.05) is 36.9 Å². The van der Waals surface area contributed by atoms with Gasteiger partial charge in [-0.15, -0.1) is 0 Å². The van der Waals surface area contributed by atoms with Crippen LogP contribution in [0.15, 0.2) is 37.1 Å². The molecule has 212 valence electrons. The van der Waals surface area contributed by atoms with Crippen LogP contribution in [0, 0.1) is 12.7 Å². The smallest absolute Gasteiger partial charge is 0.318 e.